The van der Waals surface area contributed by atoms with Crippen molar-refractivity contribution in [2.24, 2.45) is 0 Å². The number of thiazole rings is 1. The summed E-state index contributed by atoms with van der Waals surface area (Å²) in [4.78, 5) is 4.75. The second-order valence-electron chi connectivity index (χ2n) is 5.24. The summed E-state index contributed by atoms with van der Waals surface area (Å²) in [6, 6.07) is 6.86. The van der Waals surface area contributed by atoms with Crippen molar-refractivity contribution >= 4 is 21.6 Å². The van der Waals surface area contributed by atoms with Crippen molar-refractivity contribution < 1.29 is 0 Å². The lowest BCUT2D eigenvalue weighted by Crippen LogP contribution is -2.07. The minimum atomic E-state index is 0.714. The first-order chi connectivity index (χ1) is 8.40. The number of rotatable bonds is 2. The van der Waals surface area contributed by atoms with E-state index >= 15 is 0 Å². The predicted molar refractivity (Wildman–Crippen MR) is 71.8 cm³/mol. The summed E-state index contributed by atoms with van der Waals surface area (Å²) in [7, 11) is 0. The zero-order valence-corrected chi connectivity index (χ0v) is 10.6. The van der Waals surface area contributed by atoms with Gasteiger partial charge in [-0.1, -0.05) is 6.07 Å². The summed E-state index contributed by atoms with van der Waals surface area (Å²) >= 11 is 1.91. The zero-order valence-electron chi connectivity index (χ0n) is 9.78. The molecule has 1 unspecified atom stereocenters. The first-order valence-electron chi connectivity index (χ1n) is 6.51. The van der Waals surface area contributed by atoms with Gasteiger partial charge in [0.15, 0.2) is 0 Å². The van der Waals surface area contributed by atoms with Crippen LogP contribution in [0.1, 0.15) is 41.7 Å². The molecule has 1 aliphatic heterocycles. The molecule has 1 aromatic heterocycles. The SMILES string of the molecule is c1cc2nc(C3CC3)sc2cc1C1CCNC1. The number of aromatic nitrogens is 1. The van der Waals surface area contributed by atoms with E-state index in [0.29, 0.717) is 5.92 Å². The second kappa shape index (κ2) is 3.79. The Hall–Kier alpha value is -0.930. The molecule has 1 atom stereocenters. The third-order valence-corrected chi connectivity index (χ3v) is 5.07. The molecule has 3 heteroatoms. The molecule has 0 spiro atoms. The molecule has 2 aromatic rings. The highest BCUT2D eigenvalue weighted by molar-refractivity contribution is 7.18. The van der Waals surface area contributed by atoms with Crippen LogP contribution in [0.3, 0.4) is 0 Å². The third-order valence-electron chi connectivity index (χ3n) is 3.89. The van der Waals surface area contributed by atoms with E-state index in [1.807, 2.05) is 11.3 Å². The van der Waals surface area contributed by atoms with Crippen LogP contribution >= 0.6 is 11.3 Å². The lowest BCUT2D eigenvalue weighted by molar-refractivity contribution is 0.765. The van der Waals surface area contributed by atoms with Crippen LogP contribution in [-0.2, 0) is 0 Å². The molecule has 17 heavy (non-hydrogen) atoms. The number of benzene rings is 1. The van der Waals surface area contributed by atoms with Crippen LogP contribution in [0.2, 0.25) is 0 Å². The van der Waals surface area contributed by atoms with Crippen LogP contribution in [0, 0.1) is 0 Å². The van der Waals surface area contributed by atoms with Crippen LogP contribution in [0.5, 0.6) is 0 Å². The average Bonchev–Trinajstić information content (AvgIpc) is 2.92. The van der Waals surface area contributed by atoms with Gasteiger partial charge in [0.1, 0.15) is 0 Å². The van der Waals surface area contributed by atoms with Crippen molar-refractivity contribution in [3.8, 4) is 0 Å². The van der Waals surface area contributed by atoms with Gasteiger partial charge in [-0.3, -0.25) is 0 Å². The molecule has 88 valence electrons. The van der Waals surface area contributed by atoms with E-state index in [0.717, 1.165) is 12.5 Å². The van der Waals surface area contributed by atoms with Crippen molar-refractivity contribution in [2.45, 2.75) is 31.1 Å². The summed E-state index contributed by atoms with van der Waals surface area (Å²) in [6.07, 6.45) is 3.97. The maximum atomic E-state index is 4.75. The molecule has 2 nitrogen and oxygen atoms in total. The Morgan fingerprint density at radius 3 is 2.88 bits per heavy atom. The molecule has 1 N–H and O–H groups in total. The fourth-order valence-corrected chi connectivity index (χ4v) is 3.84. The van der Waals surface area contributed by atoms with Gasteiger partial charge >= 0.3 is 0 Å². The van der Waals surface area contributed by atoms with Crippen LogP contribution in [-0.4, -0.2) is 18.1 Å². The quantitative estimate of drug-likeness (QED) is 0.877. The van der Waals surface area contributed by atoms with Gasteiger partial charge < -0.3 is 5.32 Å². The average molecular weight is 244 g/mol. The Balaban J connectivity index is 1.74. The van der Waals surface area contributed by atoms with E-state index in [2.05, 4.69) is 23.5 Å². The number of nitrogens with zero attached hydrogens (tertiary/aromatic N) is 1. The molecule has 2 fully saturated rings. The number of fused-ring (bicyclic) bond motifs is 1. The smallest absolute Gasteiger partial charge is 0.0969 e. The molecular formula is C14H16N2S. The van der Waals surface area contributed by atoms with E-state index in [-0.39, 0.29) is 0 Å². The summed E-state index contributed by atoms with van der Waals surface area (Å²) in [5.41, 5.74) is 2.69. The summed E-state index contributed by atoms with van der Waals surface area (Å²) in [5.74, 6) is 1.50. The third kappa shape index (κ3) is 1.78. The Labute approximate surface area is 105 Å². The molecule has 1 aliphatic carbocycles. The molecule has 4 rings (SSSR count). The van der Waals surface area contributed by atoms with Crippen molar-refractivity contribution in [2.75, 3.05) is 13.1 Å². The van der Waals surface area contributed by atoms with Gasteiger partial charge in [0.2, 0.25) is 0 Å². The second-order valence-corrected chi connectivity index (χ2v) is 6.31. The Morgan fingerprint density at radius 2 is 2.12 bits per heavy atom. The van der Waals surface area contributed by atoms with Gasteiger partial charge in [-0.05, 0) is 49.4 Å². The molecule has 0 bridgehead atoms. The molecule has 2 aliphatic rings. The fraction of sp³-hybridized carbons (Fsp3) is 0.500. The van der Waals surface area contributed by atoms with Crippen LogP contribution in [0.4, 0.5) is 0 Å². The van der Waals surface area contributed by atoms with E-state index in [1.165, 1.54) is 46.6 Å². The Bertz CT molecular complexity index is 550. The Kier molecular flexibility index (Phi) is 2.24. The zero-order chi connectivity index (χ0) is 11.2. The van der Waals surface area contributed by atoms with Gasteiger partial charge in [0.25, 0.3) is 0 Å². The topological polar surface area (TPSA) is 24.9 Å². The minimum Gasteiger partial charge on any atom is -0.316 e. The molecule has 0 radical (unpaired) electrons. The van der Waals surface area contributed by atoms with Crippen molar-refractivity contribution in [1.82, 2.24) is 10.3 Å². The van der Waals surface area contributed by atoms with E-state index in [1.54, 1.807) is 0 Å². The Morgan fingerprint density at radius 1 is 1.18 bits per heavy atom. The minimum absolute atomic E-state index is 0.714. The lowest BCUT2D eigenvalue weighted by atomic mass is 9.98. The molecule has 1 saturated carbocycles. The van der Waals surface area contributed by atoms with Crippen molar-refractivity contribution in [1.29, 1.82) is 0 Å². The molecular weight excluding hydrogens is 228 g/mol. The highest BCUT2D eigenvalue weighted by Gasteiger charge is 2.27. The molecule has 1 saturated heterocycles. The highest BCUT2D eigenvalue weighted by Crippen LogP contribution is 2.43. The number of hydrogen-bond donors (Lipinski definition) is 1. The van der Waals surface area contributed by atoms with E-state index in [9.17, 15) is 0 Å². The van der Waals surface area contributed by atoms with Crippen molar-refractivity contribution in [3.63, 3.8) is 0 Å². The highest BCUT2D eigenvalue weighted by atomic mass is 32.1. The largest absolute Gasteiger partial charge is 0.316 e. The fourth-order valence-electron chi connectivity index (χ4n) is 2.66. The first kappa shape index (κ1) is 10.0. The van der Waals surface area contributed by atoms with Gasteiger partial charge in [-0.25, -0.2) is 4.98 Å². The standard InChI is InChI=1S/C14H16N2S/c1-2-9(1)14-16-12-4-3-10(7-13(12)17-14)11-5-6-15-8-11/h3-4,7,9,11,15H,1-2,5-6,8H2. The maximum Gasteiger partial charge on any atom is 0.0969 e. The molecule has 2 heterocycles. The van der Waals surface area contributed by atoms with Gasteiger partial charge in [0, 0.05) is 12.5 Å². The number of hydrogen-bond acceptors (Lipinski definition) is 3. The predicted octanol–water partition coefficient (Wildman–Crippen LogP) is 3.25. The lowest BCUT2D eigenvalue weighted by Gasteiger charge is -2.07. The van der Waals surface area contributed by atoms with Crippen LogP contribution < -0.4 is 5.32 Å². The van der Waals surface area contributed by atoms with Crippen molar-refractivity contribution in [3.05, 3.63) is 28.8 Å². The van der Waals surface area contributed by atoms with Crippen LogP contribution in [0.15, 0.2) is 18.2 Å². The molecule has 0 amide bonds. The van der Waals surface area contributed by atoms with Gasteiger partial charge in [-0.15, -0.1) is 11.3 Å². The summed E-state index contributed by atoms with van der Waals surface area (Å²) < 4.78 is 1.39. The summed E-state index contributed by atoms with van der Waals surface area (Å²) in [6.45, 7) is 2.30. The monoisotopic (exact) mass is 244 g/mol. The van der Waals surface area contributed by atoms with Crippen LogP contribution in [0.25, 0.3) is 10.2 Å². The summed E-state index contributed by atoms with van der Waals surface area (Å²) in [5, 5.41) is 4.80. The van der Waals surface area contributed by atoms with Gasteiger partial charge in [0.05, 0.1) is 15.2 Å². The molecule has 1 aromatic carbocycles. The van der Waals surface area contributed by atoms with E-state index in [4.69, 9.17) is 4.98 Å². The normalized spacial score (nSPS) is 24.6. The first-order valence-corrected chi connectivity index (χ1v) is 7.33. The van der Waals surface area contributed by atoms with Gasteiger partial charge in [-0.2, -0.15) is 0 Å². The van der Waals surface area contributed by atoms with E-state index < -0.39 is 0 Å². The number of nitrogens with one attached hydrogen (secondary N) is 1. The maximum absolute atomic E-state index is 4.75.